The molecular formula is C11H14N2O2S. The summed E-state index contributed by atoms with van der Waals surface area (Å²) in [4.78, 5) is 18.3. The van der Waals surface area contributed by atoms with Gasteiger partial charge in [0.05, 0.1) is 24.4 Å². The van der Waals surface area contributed by atoms with Crippen molar-refractivity contribution in [1.29, 1.82) is 0 Å². The van der Waals surface area contributed by atoms with Crippen molar-refractivity contribution in [3.8, 4) is 0 Å². The van der Waals surface area contributed by atoms with Crippen LogP contribution in [0.2, 0.25) is 0 Å². The highest BCUT2D eigenvalue weighted by Gasteiger charge is 2.11. The highest BCUT2D eigenvalue weighted by atomic mass is 32.1. The summed E-state index contributed by atoms with van der Waals surface area (Å²) < 4.78 is 6.67. The van der Waals surface area contributed by atoms with Gasteiger partial charge in [0, 0.05) is 12.0 Å². The first-order chi connectivity index (χ1) is 7.63. The molecule has 5 heteroatoms. The summed E-state index contributed by atoms with van der Waals surface area (Å²) in [5.74, 6) is 0. The van der Waals surface area contributed by atoms with Crippen molar-refractivity contribution in [1.82, 2.24) is 9.55 Å². The Hall–Kier alpha value is -1.20. The normalized spacial score (nSPS) is 13.2. The summed E-state index contributed by atoms with van der Waals surface area (Å²) in [5.41, 5.74) is 0.0129. The van der Waals surface area contributed by atoms with E-state index in [-0.39, 0.29) is 11.6 Å². The maximum absolute atomic E-state index is 12.1. The third-order valence-corrected chi connectivity index (χ3v) is 3.44. The molecule has 0 aliphatic heterocycles. The second-order valence-corrected chi connectivity index (χ2v) is 5.07. The molecule has 0 saturated carbocycles. The van der Waals surface area contributed by atoms with E-state index >= 15 is 0 Å². The van der Waals surface area contributed by atoms with Gasteiger partial charge in [-0.15, -0.1) is 11.3 Å². The molecule has 0 aliphatic carbocycles. The second-order valence-electron chi connectivity index (χ2n) is 3.84. The predicted octanol–water partition coefficient (Wildman–Crippen LogP) is 1.97. The van der Waals surface area contributed by atoms with Gasteiger partial charge >= 0.3 is 0 Å². The van der Waals surface area contributed by atoms with Crippen LogP contribution < -0.4 is 5.56 Å². The molecule has 1 atom stereocenters. The fourth-order valence-electron chi connectivity index (χ4n) is 1.69. The number of ether oxygens (including phenoxy) is 1. The van der Waals surface area contributed by atoms with E-state index in [0.717, 1.165) is 9.71 Å². The third kappa shape index (κ3) is 1.88. The zero-order valence-electron chi connectivity index (χ0n) is 9.56. The maximum atomic E-state index is 12.1. The van der Waals surface area contributed by atoms with Crippen molar-refractivity contribution >= 4 is 21.6 Å². The van der Waals surface area contributed by atoms with Crippen LogP contribution in [0.15, 0.2) is 17.2 Å². The minimum absolute atomic E-state index is 0.00889. The first kappa shape index (κ1) is 11.3. The molecule has 0 radical (unpaired) electrons. The lowest BCUT2D eigenvalue weighted by atomic mass is 10.3. The Labute approximate surface area is 97.5 Å². The molecule has 0 fully saturated rings. The molecule has 4 nitrogen and oxygen atoms in total. The van der Waals surface area contributed by atoms with E-state index in [1.807, 2.05) is 19.9 Å². The molecule has 16 heavy (non-hydrogen) atoms. The zero-order valence-corrected chi connectivity index (χ0v) is 10.4. The molecule has 0 amide bonds. The second kappa shape index (κ2) is 4.35. The first-order valence-electron chi connectivity index (χ1n) is 5.09. The Morgan fingerprint density at radius 3 is 3.06 bits per heavy atom. The number of fused-ring (bicyclic) bond motifs is 1. The van der Waals surface area contributed by atoms with Gasteiger partial charge in [-0.2, -0.15) is 0 Å². The number of rotatable bonds is 3. The van der Waals surface area contributed by atoms with Gasteiger partial charge in [0.1, 0.15) is 4.83 Å². The van der Waals surface area contributed by atoms with Crippen LogP contribution >= 0.6 is 11.3 Å². The van der Waals surface area contributed by atoms with Crippen LogP contribution in [-0.4, -0.2) is 23.3 Å². The topological polar surface area (TPSA) is 44.1 Å². The molecule has 2 aromatic rings. The number of methoxy groups -OCH3 is 1. The highest BCUT2D eigenvalue weighted by Crippen LogP contribution is 2.19. The Balaban J connectivity index is 2.56. The summed E-state index contributed by atoms with van der Waals surface area (Å²) in [7, 11) is 1.63. The summed E-state index contributed by atoms with van der Waals surface area (Å²) >= 11 is 1.54. The summed E-state index contributed by atoms with van der Waals surface area (Å²) in [6.45, 7) is 4.43. The maximum Gasteiger partial charge on any atom is 0.262 e. The van der Waals surface area contributed by atoms with Gasteiger partial charge in [0.15, 0.2) is 0 Å². The van der Waals surface area contributed by atoms with Crippen molar-refractivity contribution in [3.05, 3.63) is 27.6 Å². The van der Waals surface area contributed by atoms with E-state index in [9.17, 15) is 4.79 Å². The smallest absolute Gasteiger partial charge is 0.262 e. The Morgan fingerprint density at radius 2 is 2.38 bits per heavy atom. The van der Waals surface area contributed by atoms with Crippen molar-refractivity contribution in [2.24, 2.45) is 0 Å². The highest BCUT2D eigenvalue weighted by molar-refractivity contribution is 7.18. The van der Waals surface area contributed by atoms with E-state index in [1.54, 1.807) is 29.3 Å². The molecule has 86 valence electrons. The number of aromatic nitrogens is 2. The van der Waals surface area contributed by atoms with Gasteiger partial charge in [-0.25, -0.2) is 4.98 Å². The lowest BCUT2D eigenvalue weighted by Crippen LogP contribution is -2.25. The van der Waals surface area contributed by atoms with Crippen LogP contribution in [0, 0.1) is 6.92 Å². The fourth-order valence-corrected chi connectivity index (χ4v) is 2.53. The lowest BCUT2D eigenvalue weighted by Gasteiger charge is -2.12. The Kier molecular flexibility index (Phi) is 3.07. The predicted molar refractivity (Wildman–Crippen MR) is 65.2 cm³/mol. The van der Waals surface area contributed by atoms with Crippen LogP contribution in [0.5, 0.6) is 0 Å². The Bertz CT molecular complexity index is 559. The Morgan fingerprint density at radius 1 is 1.62 bits per heavy atom. The van der Waals surface area contributed by atoms with Crippen molar-refractivity contribution in [2.75, 3.05) is 13.7 Å². The summed E-state index contributed by atoms with van der Waals surface area (Å²) in [6, 6.07) is 1.90. The van der Waals surface area contributed by atoms with E-state index in [0.29, 0.717) is 12.0 Å². The van der Waals surface area contributed by atoms with Crippen molar-refractivity contribution in [3.63, 3.8) is 0 Å². The van der Waals surface area contributed by atoms with E-state index in [2.05, 4.69) is 4.98 Å². The minimum Gasteiger partial charge on any atom is -0.383 e. The van der Waals surface area contributed by atoms with Gasteiger partial charge in [-0.05, 0) is 19.9 Å². The van der Waals surface area contributed by atoms with Crippen LogP contribution in [0.25, 0.3) is 10.2 Å². The van der Waals surface area contributed by atoms with Crippen LogP contribution in [0.1, 0.15) is 17.8 Å². The minimum atomic E-state index is 0.00889. The third-order valence-electron chi connectivity index (χ3n) is 2.48. The monoisotopic (exact) mass is 238 g/mol. The largest absolute Gasteiger partial charge is 0.383 e. The molecule has 2 aromatic heterocycles. The van der Waals surface area contributed by atoms with Crippen molar-refractivity contribution < 1.29 is 4.74 Å². The first-order valence-corrected chi connectivity index (χ1v) is 5.91. The number of hydrogen-bond acceptors (Lipinski definition) is 4. The molecule has 0 bridgehead atoms. The summed E-state index contributed by atoms with van der Waals surface area (Å²) in [6.07, 6.45) is 1.60. The van der Waals surface area contributed by atoms with Gasteiger partial charge in [0.2, 0.25) is 0 Å². The number of nitrogens with zero attached hydrogens (tertiary/aromatic N) is 2. The molecular weight excluding hydrogens is 224 g/mol. The van der Waals surface area contributed by atoms with Crippen LogP contribution in [0.3, 0.4) is 0 Å². The molecule has 2 heterocycles. The standard InChI is InChI=1S/C11H14N2O2S/c1-7(5-15-3)13-6-12-10-9(11(13)14)4-8(2)16-10/h4,6-7H,5H2,1-3H3/t7-/m0/s1. The van der Waals surface area contributed by atoms with E-state index in [4.69, 9.17) is 4.74 Å². The molecule has 0 aliphatic rings. The summed E-state index contributed by atoms with van der Waals surface area (Å²) in [5, 5.41) is 0.702. The average molecular weight is 238 g/mol. The number of aryl methyl sites for hydroxylation is 1. The quantitative estimate of drug-likeness (QED) is 0.821. The SMILES string of the molecule is COC[C@H](C)n1cnc2sc(C)cc2c1=O. The van der Waals surface area contributed by atoms with E-state index in [1.165, 1.54) is 0 Å². The zero-order chi connectivity index (χ0) is 11.7. The van der Waals surface area contributed by atoms with Crippen molar-refractivity contribution in [2.45, 2.75) is 19.9 Å². The molecule has 0 spiro atoms. The van der Waals surface area contributed by atoms with Gasteiger partial charge in [-0.3, -0.25) is 9.36 Å². The van der Waals surface area contributed by atoms with E-state index < -0.39 is 0 Å². The van der Waals surface area contributed by atoms with Crippen LogP contribution in [0.4, 0.5) is 0 Å². The van der Waals surface area contributed by atoms with Gasteiger partial charge in [0.25, 0.3) is 5.56 Å². The fraction of sp³-hybridized carbons (Fsp3) is 0.455. The molecule has 0 N–H and O–H groups in total. The lowest BCUT2D eigenvalue weighted by molar-refractivity contribution is 0.160. The average Bonchev–Trinajstić information content (AvgIpc) is 2.60. The number of hydrogen-bond donors (Lipinski definition) is 0. The molecule has 2 rings (SSSR count). The number of thiophene rings is 1. The van der Waals surface area contributed by atoms with Gasteiger partial charge < -0.3 is 4.74 Å². The van der Waals surface area contributed by atoms with Gasteiger partial charge in [-0.1, -0.05) is 0 Å². The molecule has 0 saturated heterocycles. The van der Waals surface area contributed by atoms with Crippen LogP contribution in [-0.2, 0) is 4.74 Å². The molecule has 0 aromatic carbocycles. The molecule has 0 unspecified atom stereocenters.